The second-order valence-electron chi connectivity index (χ2n) is 6.37. The number of thioether (sulfide) groups is 1. The molecule has 4 nitrogen and oxygen atoms in total. The Morgan fingerprint density at radius 1 is 1.10 bits per heavy atom. The average Bonchev–Trinajstić information content (AvgIpc) is 3.11. The molecule has 2 aromatic heterocycles. The number of aryl methyl sites for hydroxylation is 1. The Morgan fingerprint density at radius 3 is 2.55 bits per heavy atom. The molecule has 0 atom stereocenters. The van der Waals surface area contributed by atoms with E-state index in [0.29, 0.717) is 15.7 Å². The lowest BCUT2D eigenvalue weighted by Crippen LogP contribution is -2.14. The Labute approximate surface area is 186 Å². The monoisotopic (exact) mass is 459 g/mol. The van der Waals surface area contributed by atoms with E-state index >= 15 is 0 Å². The second kappa shape index (κ2) is 8.71. The van der Waals surface area contributed by atoms with Gasteiger partial charge in [0, 0.05) is 26.7 Å². The van der Waals surface area contributed by atoms with Gasteiger partial charge in [-0.25, -0.2) is 9.97 Å². The fourth-order valence-corrected chi connectivity index (χ4v) is 5.18. The van der Waals surface area contributed by atoms with E-state index in [1.54, 1.807) is 29.5 Å². The van der Waals surface area contributed by atoms with E-state index in [2.05, 4.69) is 51.9 Å². The summed E-state index contributed by atoms with van der Waals surface area (Å²) in [7, 11) is 0. The number of rotatable bonds is 5. The molecule has 0 saturated carbocycles. The van der Waals surface area contributed by atoms with Crippen LogP contribution in [0.15, 0.2) is 59.2 Å². The Balaban J connectivity index is 1.55. The van der Waals surface area contributed by atoms with Crippen LogP contribution in [-0.4, -0.2) is 21.6 Å². The third-order valence-electron chi connectivity index (χ3n) is 4.18. The van der Waals surface area contributed by atoms with E-state index in [0.717, 1.165) is 26.4 Å². The zero-order valence-corrected chi connectivity index (χ0v) is 18.4. The van der Waals surface area contributed by atoms with Crippen molar-refractivity contribution in [3.05, 3.63) is 69.8 Å². The highest BCUT2D eigenvalue weighted by Crippen LogP contribution is 2.38. The topological polar surface area (TPSA) is 54.9 Å². The number of benzene rings is 2. The number of nitrogens with one attached hydrogen (secondary N) is 1. The maximum atomic E-state index is 12.4. The lowest BCUT2D eigenvalue weighted by Gasteiger charge is -2.08. The maximum Gasteiger partial charge on any atom is 0.234 e. The molecule has 0 aliphatic carbocycles. The van der Waals surface area contributed by atoms with Crippen LogP contribution >= 0.6 is 46.3 Å². The molecule has 1 amide bonds. The molecule has 0 spiro atoms. The average molecular weight is 460 g/mol. The van der Waals surface area contributed by atoms with Gasteiger partial charge < -0.3 is 5.32 Å². The van der Waals surface area contributed by atoms with Crippen molar-refractivity contribution < 1.29 is 4.79 Å². The van der Waals surface area contributed by atoms with Gasteiger partial charge in [-0.15, -0.1) is 11.3 Å². The molecule has 1 N–H and O–H groups in total. The van der Waals surface area contributed by atoms with Crippen molar-refractivity contribution >= 4 is 68.1 Å². The number of thiophene rings is 1. The number of hydrogen-bond acceptors (Lipinski definition) is 5. The molecular formula is C21H15Cl2N3OS2. The SMILES string of the molecule is Cc1ccc(-c2csc3ncnc(SCC(=O)Nc4cc(Cl)cc(Cl)c4)c23)cc1. The molecule has 4 rings (SSSR count). The predicted molar refractivity (Wildman–Crippen MR) is 123 cm³/mol. The molecule has 2 heterocycles. The van der Waals surface area contributed by atoms with Crippen LogP contribution in [0.5, 0.6) is 0 Å². The minimum atomic E-state index is -0.160. The zero-order valence-electron chi connectivity index (χ0n) is 15.3. The zero-order chi connectivity index (χ0) is 20.4. The first-order chi connectivity index (χ1) is 14.0. The van der Waals surface area contributed by atoms with Gasteiger partial charge in [-0.05, 0) is 30.7 Å². The van der Waals surface area contributed by atoms with Crippen LogP contribution in [0.25, 0.3) is 21.3 Å². The molecule has 146 valence electrons. The summed E-state index contributed by atoms with van der Waals surface area (Å²) in [6.07, 6.45) is 1.54. The van der Waals surface area contributed by atoms with Crippen LogP contribution < -0.4 is 5.32 Å². The van der Waals surface area contributed by atoms with E-state index in [1.807, 2.05) is 0 Å². The summed E-state index contributed by atoms with van der Waals surface area (Å²) in [5.41, 5.74) is 3.96. The highest BCUT2D eigenvalue weighted by Gasteiger charge is 2.15. The van der Waals surface area contributed by atoms with Crippen molar-refractivity contribution in [2.24, 2.45) is 0 Å². The molecule has 0 saturated heterocycles. The van der Waals surface area contributed by atoms with Gasteiger partial charge in [0.2, 0.25) is 5.91 Å². The van der Waals surface area contributed by atoms with Crippen molar-refractivity contribution in [2.45, 2.75) is 11.9 Å². The first-order valence-corrected chi connectivity index (χ1v) is 11.3. The summed E-state index contributed by atoms with van der Waals surface area (Å²) in [4.78, 5) is 22.1. The Morgan fingerprint density at radius 2 is 1.83 bits per heavy atom. The number of nitrogens with zero attached hydrogens (tertiary/aromatic N) is 2. The molecular weight excluding hydrogens is 445 g/mol. The van der Waals surface area contributed by atoms with Crippen LogP contribution in [0.4, 0.5) is 5.69 Å². The number of anilines is 1. The molecule has 4 aromatic rings. The third-order valence-corrected chi connectivity index (χ3v) is 6.50. The Kier molecular flexibility index (Phi) is 6.06. The lowest BCUT2D eigenvalue weighted by atomic mass is 10.1. The Bertz CT molecular complexity index is 1170. The lowest BCUT2D eigenvalue weighted by molar-refractivity contribution is -0.113. The quantitative estimate of drug-likeness (QED) is 0.266. The fourth-order valence-electron chi connectivity index (χ4n) is 2.86. The van der Waals surface area contributed by atoms with E-state index in [-0.39, 0.29) is 11.7 Å². The molecule has 0 aliphatic heterocycles. The molecule has 0 aliphatic rings. The van der Waals surface area contributed by atoms with Crippen molar-refractivity contribution in [1.29, 1.82) is 0 Å². The van der Waals surface area contributed by atoms with Gasteiger partial charge in [0.25, 0.3) is 0 Å². The first kappa shape index (κ1) is 20.2. The van der Waals surface area contributed by atoms with Gasteiger partial charge in [0.15, 0.2) is 0 Å². The molecule has 0 unspecified atom stereocenters. The number of carbonyl (C=O) groups is 1. The molecule has 0 bridgehead atoms. The van der Waals surface area contributed by atoms with Crippen LogP contribution in [0.1, 0.15) is 5.56 Å². The summed E-state index contributed by atoms with van der Waals surface area (Å²) >= 11 is 14.9. The minimum absolute atomic E-state index is 0.160. The highest BCUT2D eigenvalue weighted by molar-refractivity contribution is 8.00. The van der Waals surface area contributed by atoms with Crippen LogP contribution in [0.2, 0.25) is 10.0 Å². The molecule has 29 heavy (non-hydrogen) atoms. The van der Waals surface area contributed by atoms with E-state index in [9.17, 15) is 4.79 Å². The van der Waals surface area contributed by atoms with Gasteiger partial charge in [0.1, 0.15) is 16.2 Å². The van der Waals surface area contributed by atoms with Crippen LogP contribution in [0.3, 0.4) is 0 Å². The van der Waals surface area contributed by atoms with Gasteiger partial charge in [-0.2, -0.15) is 0 Å². The number of amides is 1. The van der Waals surface area contributed by atoms with Crippen LogP contribution in [-0.2, 0) is 4.79 Å². The van der Waals surface area contributed by atoms with E-state index in [1.165, 1.54) is 23.7 Å². The predicted octanol–water partition coefficient (Wildman–Crippen LogP) is 6.70. The molecule has 0 fully saturated rings. The number of hydrogen-bond donors (Lipinski definition) is 1. The normalized spacial score (nSPS) is 11.0. The molecule has 0 radical (unpaired) electrons. The van der Waals surface area contributed by atoms with Crippen molar-refractivity contribution in [3.8, 4) is 11.1 Å². The second-order valence-corrected chi connectivity index (χ2v) is 9.06. The summed E-state index contributed by atoms with van der Waals surface area (Å²) in [6, 6.07) is 13.3. The van der Waals surface area contributed by atoms with Crippen molar-refractivity contribution in [2.75, 3.05) is 11.1 Å². The first-order valence-electron chi connectivity index (χ1n) is 8.67. The van der Waals surface area contributed by atoms with Crippen LogP contribution in [0, 0.1) is 6.92 Å². The van der Waals surface area contributed by atoms with Gasteiger partial charge in [0.05, 0.1) is 11.1 Å². The highest BCUT2D eigenvalue weighted by atomic mass is 35.5. The molecule has 2 aromatic carbocycles. The van der Waals surface area contributed by atoms with Gasteiger partial charge >= 0.3 is 0 Å². The maximum absolute atomic E-state index is 12.4. The van der Waals surface area contributed by atoms with Gasteiger partial charge in [-0.1, -0.05) is 64.8 Å². The fraction of sp³-hybridized carbons (Fsp3) is 0.0952. The Hall–Kier alpha value is -2.12. The number of halogens is 2. The van der Waals surface area contributed by atoms with E-state index in [4.69, 9.17) is 23.2 Å². The number of carbonyl (C=O) groups excluding carboxylic acids is 1. The summed E-state index contributed by atoms with van der Waals surface area (Å²) in [5, 5.41) is 7.61. The standard InChI is InChI=1S/C21H15Cl2N3OS2/c1-12-2-4-13(5-3-12)17-9-28-20-19(17)21(25-11-24-20)29-10-18(27)26-16-7-14(22)6-15(23)8-16/h2-9,11H,10H2,1H3,(H,26,27). The minimum Gasteiger partial charge on any atom is -0.325 e. The number of fused-ring (bicyclic) bond motifs is 1. The summed E-state index contributed by atoms with van der Waals surface area (Å²) in [6.45, 7) is 2.06. The largest absolute Gasteiger partial charge is 0.325 e. The third kappa shape index (κ3) is 4.73. The summed E-state index contributed by atoms with van der Waals surface area (Å²) in [5.74, 6) is 0.0478. The molecule has 8 heteroatoms. The van der Waals surface area contributed by atoms with Crippen molar-refractivity contribution in [1.82, 2.24) is 9.97 Å². The summed E-state index contributed by atoms with van der Waals surface area (Å²) < 4.78 is 0. The number of aromatic nitrogens is 2. The van der Waals surface area contributed by atoms with E-state index < -0.39 is 0 Å². The smallest absolute Gasteiger partial charge is 0.234 e. The van der Waals surface area contributed by atoms with Gasteiger partial charge in [-0.3, -0.25) is 4.79 Å². The van der Waals surface area contributed by atoms with Crippen molar-refractivity contribution in [3.63, 3.8) is 0 Å².